The van der Waals surface area contributed by atoms with Gasteiger partial charge in [-0.15, -0.1) is 0 Å². The quantitative estimate of drug-likeness (QED) is 0.638. The Morgan fingerprint density at radius 1 is 0.917 bits per heavy atom. The summed E-state index contributed by atoms with van der Waals surface area (Å²) in [5.41, 5.74) is -1.16. The summed E-state index contributed by atoms with van der Waals surface area (Å²) in [6.45, 7) is 0. The summed E-state index contributed by atoms with van der Waals surface area (Å²) < 4.78 is 51.7. The molecule has 0 saturated heterocycles. The van der Waals surface area contributed by atoms with Gasteiger partial charge >= 0.3 is 6.18 Å². The number of rotatable bonds is 2. The predicted octanol–water partition coefficient (Wildman–Crippen LogP) is 5.25. The molecule has 0 bridgehead atoms. The maximum Gasteiger partial charge on any atom is 0.416 e. The van der Waals surface area contributed by atoms with Crippen LogP contribution in [-0.2, 0) is 6.18 Å². The van der Waals surface area contributed by atoms with Crippen LogP contribution in [0.5, 0.6) is 0 Å². The number of hydrogen-bond donors (Lipinski definition) is 1. The van der Waals surface area contributed by atoms with E-state index in [0.29, 0.717) is 17.8 Å². The van der Waals surface area contributed by atoms with Gasteiger partial charge in [0, 0.05) is 16.6 Å². The van der Waals surface area contributed by atoms with Gasteiger partial charge in [0.1, 0.15) is 5.82 Å². The zero-order chi connectivity index (χ0) is 17.3. The Morgan fingerprint density at radius 3 is 2.38 bits per heavy atom. The molecule has 3 aromatic carbocycles. The van der Waals surface area contributed by atoms with Crippen LogP contribution in [0.4, 0.5) is 23.2 Å². The molecule has 2 nitrogen and oxygen atoms in total. The Morgan fingerprint density at radius 2 is 1.62 bits per heavy atom. The van der Waals surface area contributed by atoms with E-state index in [0.717, 1.165) is 16.8 Å². The molecule has 24 heavy (non-hydrogen) atoms. The largest absolute Gasteiger partial charge is 0.416 e. The van der Waals surface area contributed by atoms with Gasteiger partial charge in [-0.3, -0.25) is 4.79 Å². The number of benzene rings is 3. The lowest BCUT2D eigenvalue weighted by Gasteiger charge is -2.11. The van der Waals surface area contributed by atoms with Crippen LogP contribution in [0.2, 0.25) is 0 Å². The molecular weight excluding hydrogens is 322 g/mol. The zero-order valence-corrected chi connectivity index (χ0v) is 12.2. The van der Waals surface area contributed by atoms with Crippen LogP contribution in [0.15, 0.2) is 60.7 Å². The molecule has 1 amide bonds. The van der Waals surface area contributed by atoms with Crippen molar-refractivity contribution in [3.8, 4) is 0 Å². The number of fused-ring (bicyclic) bond motifs is 1. The van der Waals surface area contributed by atoms with E-state index in [2.05, 4.69) is 5.32 Å². The molecule has 0 aliphatic rings. The molecule has 0 spiro atoms. The minimum atomic E-state index is -4.73. The lowest BCUT2D eigenvalue weighted by Crippen LogP contribution is -2.15. The number of amides is 1. The molecule has 0 heterocycles. The molecule has 0 fully saturated rings. The molecule has 0 radical (unpaired) electrons. The molecule has 0 saturated carbocycles. The Balaban J connectivity index is 1.97. The third kappa shape index (κ3) is 3.22. The van der Waals surface area contributed by atoms with Gasteiger partial charge < -0.3 is 5.32 Å². The van der Waals surface area contributed by atoms with Crippen LogP contribution in [0.3, 0.4) is 0 Å². The summed E-state index contributed by atoms with van der Waals surface area (Å²) in [7, 11) is 0. The van der Waals surface area contributed by atoms with Gasteiger partial charge in [-0.1, -0.05) is 36.4 Å². The summed E-state index contributed by atoms with van der Waals surface area (Å²) in [4.78, 5) is 12.2. The number of carbonyl (C=O) groups excluding carboxylic acids is 1. The fraction of sp³-hybridized carbons (Fsp3) is 0.0556. The molecule has 3 rings (SSSR count). The lowest BCUT2D eigenvalue weighted by atomic mass is 10.1. The molecule has 6 heteroatoms. The van der Waals surface area contributed by atoms with Crippen LogP contribution < -0.4 is 5.32 Å². The van der Waals surface area contributed by atoms with Crippen molar-refractivity contribution in [3.63, 3.8) is 0 Å². The van der Waals surface area contributed by atoms with E-state index in [1.165, 1.54) is 0 Å². The number of halogens is 4. The van der Waals surface area contributed by atoms with Crippen LogP contribution in [-0.4, -0.2) is 5.91 Å². The van der Waals surface area contributed by atoms with Crippen molar-refractivity contribution in [1.82, 2.24) is 0 Å². The summed E-state index contributed by atoms with van der Waals surface area (Å²) in [6, 6.07) is 14.2. The normalized spacial score (nSPS) is 11.5. The van der Waals surface area contributed by atoms with E-state index < -0.39 is 29.0 Å². The van der Waals surface area contributed by atoms with Gasteiger partial charge in [0.15, 0.2) is 0 Å². The summed E-state index contributed by atoms with van der Waals surface area (Å²) in [5, 5.41) is 4.14. The maximum atomic E-state index is 13.4. The van der Waals surface area contributed by atoms with Gasteiger partial charge in [0.25, 0.3) is 5.91 Å². The van der Waals surface area contributed by atoms with Gasteiger partial charge in [-0.05, 0) is 29.7 Å². The van der Waals surface area contributed by atoms with E-state index >= 15 is 0 Å². The van der Waals surface area contributed by atoms with Crippen molar-refractivity contribution in [2.75, 3.05) is 5.32 Å². The highest BCUT2D eigenvalue weighted by Gasteiger charge is 2.32. The molecule has 0 atom stereocenters. The first-order valence-electron chi connectivity index (χ1n) is 7.01. The zero-order valence-electron chi connectivity index (χ0n) is 12.2. The number of alkyl halides is 3. The highest BCUT2D eigenvalue weighted by molar-refractivity contribution is 6.09. The third-order valence-electron chi connectivity index (χ3n) is 3.53. The molecule has 1 N–H and O–H groups in total. The first-order chi connectivity index (χ1) is 11.3. The van der Waals surface area contributed by atoms with E-state index in [9.17, 15) is 22.4 Å². The van der Waals surface area contributed by atoms with Crippen LogP contribution in [0.1, 0.15) is 15.9 Å². The third-order valence-corrected chi connectivity index (χ3v) is 3.53. The lowest BCUT2D eigenvalue weighted by molar-refractivity contribution is -0.137. The average molecular weight is 333 g/mol. The summed E-state index contributed by atoms with van der Waals surface area (Å²) in [6.07, 6.45) is -4.73. The van der Waals surface area contributed by atoms with Gasteiger partial charge in [0.05, 0.1) is 5.56 Å². The van der Waals surface area contributed by atoms with E-state index in [-0.39, 0.29) is 0 Å². The molecule has 0 aromatic heterocycles. The fourth-order valence-electron chi connectivity index (χ4n) is 2.41. The van der Waals surface area contributed by atoms with Crippen LogP contribution in [0.25, 0.3) is 10.8 Å². The number of nitrogens with one attached hydrogen (secondary N) is 1. The molecule has 0 unspecified atom stereocenters. The predicted molar refractivity (Wildman–Crippen MR) is 83.3 cm³/mol. The van der Waals surface area contributed by atoms with Gasteiger partial charge in [0.2, 0.25) is 0 Å². The summed E-state index contributed by atoms with van der Waals surface area (Å²) >= 11 is 0. The van der Waals surface area contributed by atoms with Crippen molar-refractivity contribution < 1.29 is 22.4 Å². The van der Waals surface area contributed by atoms with Crippen LogP contribution >= 0.6 is 0 Å². The first-order valence-corrected chi connectivity index (χ1v) is 7.01. The second-order valence-corrected chi connectivity index (χ2v) is 5.21. The fourth-order valence-corrected chi connectivity index (χ4v) is 2.41. The van der Waals surface area contributed by atoms with Crippen molar-refractivity contribution >= 4 is 22.4 Å². The number of anilines is 1. The maximum absolute atomic E-state index is 13.4. The topological polar surface area (TPSA) is 29.1 Å². The SMILES string of the molecule is O=C(Nc1cccc2ccccc12)c1cc(F)cc(C(F)(F)F)c1. The minimum absolute atomic E-state index is 0.356. The monoisotopic (exact) mass is 333 g/mol. The number of carbonyl (C=O) groups is 1. The van der Waals surface area contributed by atoms with Gasteiger partial charge in [-0.25, -0.2) is 4.39 Å². The Hall–Kier alpha value is -2.89. The van der Waals surface area contributed by atoms with Crippen LogP contribution in [0, 0.1) is 5.82 Å². The van der Waals surface area contributed by atoms with E-state index in [4.69, 9.17) is 0 Å². The summed E-state index contributed by atoms with van der Waals surface area (Å²) in [5.74, 6) is -1.93. The number of hydrogen-bond acceptors (Lipinski definition) is 1. The van der Waals surface area contributed by atoms with E-state index in [1.54, 1.807) is 24.3 Å². The Kier molecular flexibility index (Phi) is 3.97. The molecule has 3 aromatic rings. The van der Waals surface area contributed by atoms with Crippen molar-refractivity contribution in [2.24, 2.45) is 0 Å². The average Bonchev–Trinajstić information content (AvgIpc) is 2.54. The Bertz CT molecular complexity index is 913. The highest BCUT2D eigenvalue weighted by atomic mass is 19.4. The standard InChI is InChI=1S/C18H11F4NO/c19-14-9-12(8-13(10-14)18(20,21)22)17(24)23-16-7-3-5-11-4-1-2-6-15(11)16/h1-10H,(H,23,24). The van der Waals surface area contributed by atoms with Crippen molar-refractivity contribution in [1.29, 1.82) is 0 Å². The molecule has 0 aliphatic carbocycles. The first kappa shape index (κ1) is 16.0. The Labute approximate surface area is 134 Å². The highest BCUT2D eigenvalue weighted by Crippen LogP contribution is 2.31. The minimum Gasteiger partial charge on any atom is -0.321 e. The van der Waals surface area contributed by atoms with Crippen molar-refractivity contribution in [2.45, 2.75) is 6.18 Å². The smallest absolute Gasteiger partial charge is 0.321 e. The van der Waals surface area contributed by atoms with E-state index in [1.807, 2.05) is 18.2 Å². The van der Waals surface area contributed by atoms with Gasteiger partial charge in [-0.2, -0.15) is 13.2 Å². The molecule has 0 aliphatic heterocycles. The second kappa shape index (κ2) is 5.96. The molecule has 122 valence electrons. The molecular formula is C18H11F4NO. The second-order valence-electron chi connectivity index (χ2n) is 5.21. The van der Waals surface area contributed by atoms with Crippen molar-refractivity contribution in [3.05, 3.63) is 77.6 Å².